The molecule has 5 aromatic carbocycles. The minimum atomic E-state index is -1.20. The summed E-state index contributed by atoms with van der Waals surface area (Å²) in [6.07, 6.45) is 0. The smallest absolute Gasteiger partial charge is 0.254 e. The van der Waals surface area contributed by atoms with Crippen LogP contribution in [0.5, 0.6) is 23.0 Å². The fourth-order valence-electron chi connectivity index (χ4n) is 5.51. The number of amides is 2. The standard InChI is InChI=1S/C24H18F2N2O3S.C18H13BrF2N2O3S/c1-30-16-9-7-14(8-10-16)22-23(15-5-3-2-4-6-15)32-19(28-22)13-31-18-12-11-17(25)20(21(18)26)24(27)29;1-25-10-4-2-9(3-5-10)16-17(19)27-13(23-16)8-26-12-7-6-11(20)14(15(12)21)18(22)24/h2-12H,13H2,1H3,(H2,27,29);2-7H,8H2,1H3,(H2,22,24). The van der Waals surface area contributed by atoms with Crippen molar-refractivity contribution in [1.29, 1.82) is 0 Å². The van der Waals surface area contributed by atoms with Gasteiger partial charge in [0.2, 0.25) is 0 Å². The molecular formula is C42H31BrF4N4O6S2. The van der Waals surface area contributed by atoms with Crippen LogP contribution >= 0.6 is 38.6 Å². The number of nitrogens with two attached hydrogens (primary N) is 2. The molecule has 10 nitrogen and oxygen atoms in total. The number of halogens is 5. The highest BCUT2D eigenvalue weighted by molar-refractivity contribution is 9.11. The van der Waals surface area contributed by atoms with Gasteiger partial charge in [-0.3, -0.25) is 9.59 Å². The number of carbonyl (C=O) groups is 2. The second-order valence-corrected chi connectivity index (χ2v) is 15.6. The molecule has 4 N–H and O–H groups in total. The average molecular weight is 908 g/mol. The number of nitrogens with zero attached hydrogens (tertiary/aromatic N) is 2. The Labute approximate surface area is 351 Å². The largest absolute Gasteiger partial charge is 0.497 e. The molecule has 0 unspecified atom stereocenters. The highest BCUT2D eigenvalue weighted by Crippen LogP contribution is 2.38. The van der Waals surface area contributed by atoms with E-state index in [1.54, 1.807) is 14.2 Å². The summed E-state index contributed by atoms with van der Waals surface area (Å²) >= 11 is 6.17. The number of hydrogen-bond donors (Lipinski definition) is 2. The summed E-state index contributed by atoms with van der Waals surface area (Å²) in [4.78, 5) is 32.6. The molecule has 0 spiro atoms. The fraction of sp³-hybridized carbons (Fsp3) is 0.0952. The molecule has 7 aromatic rings. The maximum absolute atomic E-state index is 14.5. The number of ether oxygens (including phenoxy) is 4. The number of hydrogen-bond acceptors (Lipinski definition) is 10. The van der Waals surface area contributed by atoms with E-state index in [-0.39, 0.29) is 24.7 Å². The number of carbonyl (C=O) groups excluding carboxylic acids is 2. The zero-order valence-electron chi connectivity index (χ0n) is 30.9. The number of aromatic nitrogens is 2. The Balaban J connectivity index is 0.000000201. The van der Waals surface area contributed by atoms with E-state index in [2.05, 4.69) is 20.9 Å². The van der Waals surface area contributed by atoms with Gasteiger partial charge >= 0.3 is 0 Å². The molecule has 302 valence electrons. The van der Waals surface area contributed by atoms with E-state index in [0.29, 0.717) is 15.7 Å². The highest BCUT2D eigenvalue weighted by atomic mass is 79.9. The Bertz CT molecular complexity index is 2610. The van der Waals surface area contributed by atoms with Crippen LogP contribution in [0.2, 0.25) is 0 Å². The Morgan fingerprint density at radius 1 is 0.593 bits per heavy atom. The second kappa shape index (κ2) is 19.0. The molecule has 59 heavy (non-hydrogen) atoms. The van der Waals surface area contributed by atoms with Gasteiger partial charge in [-0.2, -0.15) is 0 Å². The zero-order chi connectivity index (χ0) is 42.2. The van der Waals surface area contributed by atoms with Gasteiger partial charge in [-0.15, -0.1) is 22.7 Å². The lowest BCUT2D eigenvalue weighted by Crippen LogP contribution is -2.16. The predicted octanol–water partition coefficient (Wildman–Crippen LogP) is 9.98. The van der Waals surface area contributed by atoms with Crippen LogP contribution < -0.4 is 30.4 Å². The lowest BCUT2D eigenvalue weighted by atomic mass is 10.1. The molecular weight excluding hydrogens is 877 g/mol. The molecule has 0 radical (unpaired) electrons. The summed E-state index contributed by atoms with van der Waals surface area (Å²) in [7, 11) is 3.18. The van der Waals surface area contributed by atoms with Gasteiger partial charge in [0.25, 0.3) is 11.8 Å². The lowest BCUT2D eigenvalue weighted by molar-refractivity contribution is 0.0982. The lowest BCUT2D eigenvalue weighted by Gasteiger charge is -2.08. The predicted molar refractivity (Wildman–Crippen MR) is 220 cm³/mol. The van der Waals surface area contributed by atoms with E-state index in [0.717, 1.165) is 66.8 Å². The molecule has 0 saturated carbocycles. The van der Waals surface area contributed by atoms with Crippen molar-refractivity contribution in [1.82, 2.24) is 9.97 Å². The molecule has 2 amide bonds. The Morgan fingerprint density at radius 2 is 1.03 bits per heavy atom. The molecule has 17 heteroatoms. The number of thiazole rings is 2. The third-order valence-corrected chi connectivity index (χ3v) is 11.1. The zero-order valence-corrected chi connectivity index (χ0v) is 34.2. The average Bonchev–Trinajstić information content (AvgIpc) is 3.84. The first-order chi connectivity index (χ1) is 28.4. The summed E-state index contributed by atoms with van der Waals surface area (Å²) in [5.41, 5.74) is 12.6. The van der Waals surface area contributed by atoms with Crippen LogP contribution in [0.25, 0.3) is 33.0 Å². The third kappa shape index (κ3) is 9.88. The van der Waals surface area contributed by atoms with E-state index < -0.39 is 46.2 Å². The van der Waals surface area contributed by atoms with Crippen molar-refractivity contribution in [2.75, 3.05) is 14.2 Å². The number of benzene rings is 5. The molecule has 0 fully saturated rings. The highest BCUT2D eigenvalue weighted by Gasteiger charge is 2.22. The summed E-state index contributed by atoms with van der Waals surface area (Å²) in [5, 5.41) is 1.15. The van der Waals surface area contributed by atoms with Crippen LogP contribution in [0.4, 0.5) is 17.6 Å². The van der Waals surface area contributed by atoms with Crippen molar-refractivity contribution < 1.29 is 46.1 Å². The molecule has 0 bridgehead atoms. The normalized spacial score (nSPS) is 10.7. The van der Waals surface area contributed by atoms with Crippen molar-refractivity contribution in [3.63, 3.8) is 0 Å². The Kier molecular flexibility index (Phi) is 13.6. The molecule has 0 atom stereocenters. The van der Waals surface area contributed by atoms with Crippen molar-refractivity contribution in [2.45, 2.75) is 13.2 Å². The minimum Gasteiger partial charge on any atom is -0.497 e. The summed E-state index contributed by atoms with van der Waals surface area (Å²) in [6.45, 7) is -0.123. The Morgan fingerprint density at radius 3 is 1.49 bits per heavy atom. The quantitative estimate of drug-likeness (QED) is 0.109. The van der Waals surface area contributed by atoms with E-state index in [1.807, 2.05) is 78.9 Å². The van der Waals surface area contributed by atoms with E-state index in [9.17, 15) is 27.2 Å². The van der Waals surface area contributed by atoms with E-state index in [4.69, 9.17) is 35.4 Å². The van der Waals surface area contributed by atoms with Gasteiger partial charge in [-0.05, 0) is 94.3 Å². The fourth-order valence-corrected chi connectivity index (χ4v) is 8.11. The first-order valence-electron chi connectivity index (χ1n) is 17.2. The summed E-state index contributed by atoms with van der Waals surface area (Å²) in [5.74, 6) is -5.83. The van der Waals surface area contributed by atoms with Gasteiger partial charge in [0, 0.05) is 11.1 Å². The SMILES string of the molecule is COc1ccc(-c2nc(COc3ccc(F)c(C(N)=O)c3F)sc2-c2ccccc2)cc1.COc1ccc(-c2nc(COc3ccc(F)c(C(N)=O)c3F)sc2Br)cc1. The summed E-state index contributed by atoms with van der Waals surface area (Å²) < 4.78 is 77.9. The van der Waals surface area contributed by atoms with Gasteiger partial charge in [0.05, 0.1) is 34.3 Å². The van der Waals surface area contributed by atoms with Crippen molar-refractivity contribution in [2.24, 2.45) is 11.5 Å². The van der Waals surface area contributed by atoms with Gasteiger partial charge in [0.15, 0.2) is 23.1 Å². The van der Waals surface area contributed by atoms with Crippen molar-refractivity contribution in [3.8, 4) is 56.0 Å². The number of primary amides is 2. The van der Waals surface area contributed by atoms with Crippen LogP contribution in [-0.2, 0) is 13.2 Å². The van der Waals surface area contributed by atoms with Crippen LogP contribution in [0, 0.1) is 23.3 Å². The molecule has 0 aliphatic rings. The van der Waals surface area contributed by atoms with Gasteiger partial charge in [-0.25, -0.2) is 27.5 Å². The van der Waals surface area contributed by atoms with Crippen LogP contribution in [0.1, 0.15) is 30.7 Å². The van der Waals surface area contributed by atoms with Gasteiger partial charge < -0.3 is 30.4 Å². The van der Waals surface area contributed by atoms with E-state index in [1.165, 1.54) is 22.7 Å². The van der Waals surface area contributed by atoms with Crippen LogP contribution in [0.3, 0.4) is 0 Å². The minimum absolute atomic E-state index is 0.0554. The first-order valence-corrected chi connectivity index (χ1v) is 19.6. The number of methoxy groups -OCH3 is 2. The molecule has 2 heterocycles. The number of rotatable bonds is 13. The molecule has 2 aromatic heterocycles. The van der Waals surface area contributed by atoms with Crippen molar-refractivity contribution >= 4 is 50.4 Å². The Hall–Kier alpha value is -6.30. The van der Waals surface area contributed by atoms with Crippen LogP contribution in [-0.4, -0.2) is 36.0 Å². The van der Waals surface area contributed by atoms with Gasteiger partial charge in [0.1, 0.15) is 57.5 Å². The van der Waals surface area contributed by atoms with E-state index >= 15 is 0 Å². The van der Waals surface area contributed by atoms with Gasteiger partial charge in [-0.1, -0.05) is 30.3 Å². The van der Waals surface area contributed by atoms with Crippen LogP contribution in [0.15, 0.2) is 107 Å². The molecule has 0 aliphatic carbocycles. The maximum Gasteiger partial charge on any atom is 0.254 e. The molecule has 0 aliphatic heterocycles. The second-order valence-electron chi connectivity index (χ2n) is 12.1. The topological polar surface area (TPSA) is 149 Å². The first kappa shape index (κ1) is 42.3. The summed E-state index contributed by atoms with van der Waals surface area (Å²) in [6, 6.07) is 28.7. The maximum atomic E-state index is 14.5. The monoisotopic (exact) mass is 906 g/mol. The third-order valence-electron chi connectivity index (χ3n) is 8.37. The molecule has 0 saturated heterocycles. The molecule has 7 rings (SSSR count). The van der Waals surface area contributed by atoms with Crippen molar-refractivity contribution in [3.05, 3.63) is 151 Å².